The smallest absolute Gasteiger partial charge is 0.0409 e. The van der Waals surface area contributed by atoms with Gasteiger partial charge < -0.3 is 0 Å². The molecule has 2 aromatic rings. The average Bonchev–Trinajstić information content (AvgIpc) is 2.73. The van der Waals surface area contributed by atoms with E-state index in [0.717, 1.165) is 17.9 Å². The Balaban J connectivity index is 0.00000120. The summed E-state index contributed by atoms with van der Waals surface area (Å²) in [5.41, 5.74) is 5.30. The lowest BCUT2D eigenvalue weighted by atomic mass is 10.1. The number of allylic oxidation sites excluding steroid dienone is 1. The predicted molar refractivity (Wildman–Crippen MR) is 79.1 cm³/mol. The molecule has 92 valence electrons. The summed E-state index contributed by atoms with van der Waals surface area (Å²) in [7, 11) is 0. The van der Waals surface area contributed by atoms with Crippen molar-refractivity contribution < 1.29 is 0 Å². The average molecular weight is 278 g/mol. The van der Waals surface area contributed by atoms with E-state index in [4.69, 9.17) is 11.6 Å². The van der Waals surface area contributed by atoms with Crippen LogP contribution < -0.4 is 0 Å². The Morgan fingerprint density at radius 3 is 2.61 bits per heavy atom. The van der Waals surface area contributed by atoms with Crippen LogP contribution in [-0.4, -0.2) is 4.98 Å². The fraction of sp³-hybridized carbons (Fsp3) is 0.133. The summed E-state index contributed by atoms with van der Waals surface area (Å²) in [4.78, 5) is 4.03. The van der Waals surface area contributed by atoms with Gasteiger partial charge in [-0.05, 0) is 59.4 Å². The highest BCUT2D eigenvalue weighted by molar-refractivity contribution is 6.30. The summed E-state index contributed by atoms with van der Waals surface area (Å²) in [6.07, 6.45) is 8.07. The molecule has 0 bridgehead atoms. The maximum Gasteiger partial charge on any atom is 0.0409 e. The van der Waals surface area contributed by atoms with E-state index >= 15 is 0 Å². The summed E-state index contributed by atoms with van der Waals surface area (Å²) in [5, 5.41) is 0.828. The molecule has 0 saturated heterocycles. The second kappa shape index (κ2) is 5.55. The standard InChI is InChI=1S/C15H12ClN.ClH/c16-14-3-4-15-12(1-2-13(15)10-14)9-11-5-7-17-8-6-11;/h3-10H,1-2H2;1H. The van der Waals surface area contributed by atoms with E-state index in [-0.39, 0.29) is 12.4 Å². The van der Waals surface area contributed by atoms with E-state index < -0.39 is 0 Å². The van der Waals surface area contributed by atoms with Crippen molar-refractivity contribution in [2.75, 3.05) is 0 Å². The topological polar surface area (TPSA) is 12.9 Å². The molecule has 1 aliphatic rings. The summed E-state index contributed by atoms with van der Waals surface area (Å²) in [6, 6.07) is 10.2. The molecule has 0 amide bonds. The van der Waals surface area contributed by atoms with Gasteiger partial charge in [0.15, 0.2) is 0 Å². The molecule has 0 spiro atoms. The van der Waals surface area contributed by atoms with Gasteiger partial charge in [0, 0.05) is 17.4 Å². The molecule has 1 aliphatic carbocycles. The van der Waals surface area contributed by atoms with Crippen molar-refractivity contribution in [2.24, 2.45) is 0 Å². The van der Waals surface area contributed by atoms with Crippen LogP contribution in [0.5, 0.6) is 0 Å². The zero-order valence-electron chi connectivity index (χ0n) is 9.77. The van der Waals surface area contributed by atoms with Crippen LogP contribution in [0.1, 0.15) is 23.1 Å². The van der Waals surface area contributed by atoms with Crippen LogP contribution in [0.15, 0.2) is 42.7 Å². The maximum absolute atomic E-state index is 6.00. The highest BCUT2D eigenvalue weighted by Crippen LogP contribution is 2.34. The van der Waals surface area contributed by atoms with Crippen LogP contribution >= 0.6 is 24.0 Å². The second-order valence-corrected chi connectivity index (χ2v) is 4.69. The van der Waals surface area contributed by atoms with Gasteiger partial charge >= 0.3 is 0 Å². The van der Waals surface area contributed by atoms with Crippen molar-refractivity contribution in [3.8, 4) is 0 Å². The van der Waals surface area contributed by atoms with Gasteiger partial charge in [-0.1, -0.05) is 23.7 Å². The number of benzene rings is 1. The largest absolute Gasteiger partial charge is 0.265 e. The SMILES string of the molecule is Cl.Clc1ccc2c(c1)CCC2=Cc1ccncc1. The van der Waals surface area contributed by atoms with Crippen LogP contribution in [-0.2, 0) is 6.42 Å². The first kappa shape index (κ1) is 13.1. The van der Waals surface area contributed by atoms with Crippen LogP contribution in [0.2, 0.25) is 5.02 Å². The molecule has 0 radical (unpaired) electrons. The highest BCUT2D eigenvalue weighted by atomic mass is 35.5. The minimum atomic E-state index is 0. The zero-order chi connectivity index (χ0) is 11.7. The lowest BCUT2D eigenvalue weighted by Crippen LogP contribution is -1.81. The molecule has 18 heavy (non-hydrogen) atoms. The number of hydrogen-bond acceptors (Lipinski definition) is 1. The molecule has 0 N–H and O–H groups in total. The van der Waals surface area contributed by atoms with Gasteiger partial charge in [0.05, 0.1) is 0 Å². The van der Waals surface area contributed by atoms with Gasteiger partial charge in [-0.25, -0.2) is 0 Å². The Kier molecular flexibility index (Phi) is 4.05. The van der Waals surface area contributed by atoms with E-state index in [1.165, 1.54) is 22.3 Å². The van der Waals surface area contributed by atoms with Gasteiger partial charge in [-0.2, -0.15) is 0 Å². The van der Waals surface area contributed by atoms with Crippen LogP contribution in [0.3, 0.4) is 0 Å². The number of nitrogens with zero attached hydrogens (tertiary/aromatic N) is 1. The van der Waals surface area contributed by atoms with Crippen LogP contribution in [0.4, 0.5) is 0 Å². The lowest BCUT2D eigenvalue weighted by Gasteiger charge is -2.01. The van der Waals surface area contributed by atoms with E-state index in [2.05, 4.69) is 23.2 Å². The monoisotopic (exact) mass is 277 g/mol. The van der Waals surface area contributed by atoms with Gasteiger partial charge in [-0.3, -0.25) is 4.98 Å². The first-order valence-electron chi connectivity index (χ1n) is 5.72. The van der Waals surface area contributed by atoms with Gasteiger partial charge in [0.25, 0.3) is 0 Å². The number of aryl methyl sites for hydroxylation is 1. The van der Waals surface area contributed by atoms with E-state index in [1.54, 1.807) is 0 Å². The number of aromatic nitrogens is 1. The molecular formula is C15H13Cl2N. The first-order valence-corrected chi connectivity index (χ1v) is 6.10. The van der Waals surface area contributed by atoms with E-state index in [9.17, 15) is 0 Å². The summed E-state index contributed by atoms with van der Waals surface area (Å²) in [6.45, 7) is 0. The molecule has 0 saturated carbocycles. The normalized spacial score (nSPS) is 15.3. The molecule has 1 heterocycles. The number of rotatable bonds is 1. The molecule has 0 unspecified atom stereocenters. The number of hydrogen-bond donors (Lipinski definition) is 0. The first-order chi connectivity index (χ1) is 8.33. The molecule has 1 aromatic heterocycles. The van der Waals surface area contributed by atoms with Gasteiger partial charge in [0.1, 0.15) is 0 Å². The Labute approximate surface area is 118 Å². The summed E-state index contributed by atoms with van der Waals surface area (Å²) < 4.78 is 0. The molecule has 1 nitrogen and oxygen atoms in total. The van der Waals surface area contributed by atoms with Crippen molar-refractivity contribution in [1.82, 2.24) is 4.98 Å². The Morgan fingerprint density at radius 2 is 1.83 bits per heavy atom. The minimum Gasteiger partial charge on any atom is -0.265 e. The van der Waals surface area contributed by atoms with Gasteiger partial charge in [0.2, 0.25) is 0 Å². The third kappa shape index (κ3) is 2.58. The van der Waals surface area contributed by atoms with Crippen molar-refractivity contribution >= 4 is 35.7 Å². The zero-order valence-corrected chi connectivity index (χ0v) is 11.3. The van der Waals surface area contributed by atoms with Gasteiger partial charge in [-0.15, -0.1) is 12.4 Å². The molecule has 0 fully saturated rings. The number of pyridine rings is 1. The quantitative estimate of drug-likeness (QED) is 0.740. The molecule has 3 heteroatoms. The maximum atomic E-state index is 6.00. The molecule has 3 rings (SSSR count). The number of halogens is 2. The number of fused-ring (bicyclic) bond motifs is 1. The van der Waals surface area contributed by atoms with Crippen molar-refractivity contribution in [1.29, 1.82) is 0 Å². The van der Waals surface area contributed by atoms with Crippen molar-refractivity contribution in [2.45, 2.75) is 12.8 Å². The van der Waals surface area contributed by atoms with E-state index in [0.29, 0.717) is 0 Å². The van der Waals surface area contributed by atoms with Crippen LogP contribution in [0.25, 0.3) is 11.6 Å². The summed E-state index contributed by atoms with van der Waals surface area (Å²) in [5.74, 6) is 0. The Hall–Kier alpha value is -1.31. The predicted octanol–water partition coefficient (Wildman–Crippen LogP) is 4.64. The molecule has 1 aromatic carbocycles. The third-order valence-corrected chi connectivity index (χ3v) is 3.36. The fourth-order valence-corrected chi connectivity index (χ4v) is 2.49. The lowest BCUT2D eigenvalue weighted by molar-refractivity contribution is 1.08. The molecule has 0 atom stereocenters. The Bertz CT molecular complexity index is 576. The van der Waals surface area contributed by atoms with Crippen LogP contribution in [0, 0.1) is 0 Å². The second-order valence-electron chi connectivity index (χ2n) is 4.25. The highest BCUT2D eigenvalue weighted by Gasteiger charge is 2.15. The fourth-order valence-electron chi connectivity index (χ4n) is 2.30. The Morgan fingerprint density at radius 1 is 1.06 bits per heavy atom. The third-order valence-electron chi connectivity index (χ3n) is 3.12. The van der Waals surface area contributed by atoms with Crippen molar-refractivity contribution in [3.63, 3.8) is 0 Å². The van der Waals surface area contributed by atoms with E-state index in [1.807, 2.05) is 30.6 Å². The molecule has 0 aliphatic heterocycles. The van der Waals surface area contributed by atoms with Crippen molar-refractivity contribution in [3.05, 3.63) is 64.4 Å². The molecular weight excluding hydrogens is 265 g/mol. The minimum absolute atomic E-state index is 0. The summed E-state index contributed by atoms with van der Waals surface area (Å²) >= 11 is 6.00.